The predicted molar refractivity (Wildman–Crippen MR) is 56.8 cm³/mol. The number of aliphatic hydroxyl groups is 2. The lowest BCUT2D eigenvalue weighted by molar-refractivity contribution is 0.132. The molecule has 0 heterocycles. The summed E-state index contributed by atoms with van der Waals surface area (Å²) < 4.78 is 0. The average molecular weight is 199 g/mol. The number of hydrogen-bond acceptors (Lipinski definition) is 3. The zero-order chi connectivity index (χ0) is 10.7. The molecular formula is C11H21NO2. The van der Waals surface area contributed by atoms with Crippen LogP contribution in [0.1, 0.15) is 26.7 Å². The van der Waals surface area contributed by atoms with Gasteiger partial charge in [-0.3, -0.25) is 0 Å². The van der Waals surface area contributed by atoms with Crippen molar-refractivity contribution in [2.75, 3.05) is 6.54 Å². The van der Waals surface area contributed by atoms with E-state index in [1.807, 2.05) is 13.0 Å². The van der Waals surface area contributed by atoms with Gasteiger partial charge < -0.3 is 15.9 Å². The largest absolute Gasteiger partial charge is 0.512 e. The molecule has 0 bridgehead atoms. The molecule has 82 valence electrons. The molecule has 0 aromatic carbocycles. The Morgan fingerprint density at radius 3 is 2.71 bits per heavy atom. The molecule has 3 nitrogen and oxygen atoms in total. The van der Waals surface area contributed by atoms with Crippen molar-refractivity contribution in [3.05, 3.63) is 11.8 Å². The molecule has 1 rings (SSSR count). The lowest BCUT2D eigenvalue weighted by Gasteiger charge is -2.07. The standard InChI is InChI=1S/C11H21NO2/c1-3-4-8(13)10-7(2)11(10)9(14)5-6-12/h4,7,9-11,13-14H,3,5-6,12H2,1-2H3/b8-4+/t7-,9?,10+,11+/m0/s1. The zero-order valence-electron chi connectivity index (χ0n) is 8.98. The quantitative estimate of drug-likeness (QED) is 0.587. The van der Waals surface area contributed by atoms with E-state index in [9.17, 15) is 10.2 Å². The summed E-state index contributed by atoms with van der Waals surface area (Å²) in [5.74, 6) is 1.21. The highest BCUT2D eigenvalue weighted by Gasteiger charge is 2.52. The fourth-order valence-electron chi connectivity index (χ4n) is 2.26. The van der Waals surface area contributed by atoms with Gasteiger partial charge in [-0.1, -0.05) is 13.8 Å². The summed E-state index contributed by atoms with van der Waals surface area (Å²) in [7, 11) is 0. The second-order valence-electron chi connectivity index (χ2n) is 4.14. The summed E-state index contributed by atoms with van der Waals surface area (Å²) in [6.45, 7) is 4.57. The van der Waals surface area contributed by atoms with Crippen molar-refractivity contribution < 1.29 is 10.2 Å². The third-order valence-electron chi connectivity index (χ3n) is 3.11. The molecule has 0 aromatic heterocycles. The predicted octanol–water partition coefficient (Wildman–Crippen LogP) is 1.43. The number of rotatable bonds is 5. The summed E-state index contributed by atoms with van der Waals surface area (Å²) in [5.41, 5.74) is 5.38. The van der Waals surface area contributed by atoms with Crippen LogP contribution in [0.3, 0.4) is 0 Å². The van der Waals surface area contributed by atoms with Gasteiger partial charge in [0.15, 0.2) is 0 Å². The molecule has 3 heteroatoms. The molecule has 1 unspecified atom stereocenters. The molecule has 0 aliphatic heterocycles. The molecule has 4 N–H and O–H groups in total. The van der Waals surface area contributed by atoms with E-state index >= 15 is 0 Å². The van der Waals surface area contributed by atoms with Crippen LogP contribution in [-0.4, -0.2) is 22.9 Å². The Morgan fingerprint density at radius 1 is 1.57 bits per heavy atom. The lowest BCUT2D eigenvalue weighted by atomic mass is 10.1. The first-order chi connectivity index (χ1) is 6.63. The van der Waals surface area contributed by atoms with Gasteiger partial charge in [0, 0.05) is 5.92 Å². The van der Waals surface area contributed by atoms with Crippen molar-refractivity contribution in [1.29, 1.82) is 0 Å². The summed E-state index contributed by atoms with van der Waals surface area (Å²) >= 11 is 0. The fraction of sp³-hybridized carbons (Fsp3) is 0.818. The molecule has 1 saturated carbocycles. The van der Waals surface area contributed by atoms with Gasteiger partial charge in [-0.25, -0.2) is 0 Å². The van der Waals surface area contributed by atoms with E-state index < -0.39 is 0 Å². The van der Waals surface area contributed by atoms with Crippen LogP contribution < -0.4 is 5.73 Å². The first-order valence-corrected chi connectivity index (χ1v) is 5.40. The van der Waals surface area contributed by atoms with E-state index in [0.29, 0.717) is 24.6 Å². The summed E-state index contributed by atoms with van der Waals surface area (Å²) in [5, 5.41) is 19.4. The van der Waals surface area contributed by atoms with Gasteiger partial charge >= 0.3 is 0 Å². The maximum Gasteiger partial charge on any atom is 0.0920 e. The van der Waals surface area contributed by atoms with Crippen LogP contribution in [-0.2, 0) is 0 Å². The van der Waals surface area contributed by atoms with Gasteiger partial charge in [-0.15, -0.1) is 0 Å². The van der Waals surface area contributed by atoms with Gasteiger partial charge in [0.05, 0.1) is 11.9 Å². The molecule has 4 atom stereocenters. The van der Waals surface area contributed by atoms with Crippen LogP contribution in [0.25, 0.3) is 0 Å². The second-order valence-corrected chi connectivity index (χ2v) is 4.14. The molecule has 0 amide bonds. The maximum atomic E-state index is 9.73. The Morgan fingerprint density at radius 2 is 2.21 bits per heavy atom. The van der Waals surface area contributed by atoms with E-state index in [0.717, 1.165) is 6.42 Å². The van der Waals surface area contributed by atoms with Crippen LogP contribution in [0.4, 0.5) is 0 Å². The summed E-state index contributed by atoms with van der Waals surface area (Å²) in [6, 6.07) is 0. The van der Waals surface area contributed by atoms with E-state index in [1.54, 1.807) is 0 Å². The van der Waals surface area contributed by atoms with Gasteiger partial charge in [-0.05, 0) is 37.3 Å². The SMILES string of the molecule is CC/C=C(/O)[C@H]1[C@H](C)[C@@H]1C(O)CCN. The smallest absolute Gasteiger partial charge is 0.0920 e. The highest BCUT2D eigenvalue weighted by molar-refractivity contribution is 5.14. The molecule has 0 aromatic rings. The van der Waals surface area contributed by atoms with Crippen LogP contribution in [0, 0.1) is 17.8 Å². The van der Waals surface area contributed by atoms with Crippen molar-refractivity contribution >= 4 is 0 Å². The van der Waals surface area contributed by atoms with Gasteiger partial charge in [0.25, 0.3) is 0 Å². The van der Waals surface area contributed by atoms with Gasteiger partial charge in [0.1, 0.15) is 0 Å². The Balaban J connectivity index is 2.48. The summed E-state index contributed by atoms with van der Waals surface area (Å²) in [6.07, 6.45) is 2.95. The third-order valence-corrected chi connectivity index (χ3v) is 3.11. The van der Waals surface area contributed by atoms with Crippen molar-refractivity contribution in [1.82, 2.24) is 0 Å². The minimum atomic E-state index is -0.354. The minimum Gasteiger partial charge on any atom is -0.512 e. The van der Waals surface area contributed by atoms with Crippen LogP contribution >= 0.6 is 0 Å². The molecule has 0 spiro atoms. The number of aliphatic hydroxyl groups excluding tert-OH is 2. The van der Waals surface area contributed by atoms with Crippen molar-refractivity contribution in [3.63, 3.8) is 0 Å². The number of nitrogens with two attached hydrogens (primary N) is 1. The average Bonchev–Trinajstić information content (AvgIpc) is 2.78. The van der Waals surface area contributed by atoms with Crippen molar-refractivity contribution in [3.8, 4) is 0 Å². The lowest BCUT2D eigenvalue weighted by Crippen LogP contribution is -2.17. The maximum absolute atomic E-state index is 9.73. The zero-order valence-corrected chi connectivity index (χ0v) is 8.98. The first-order valence-electron chi connectivity index (χ1n) is 5.40. The summed E-state index contributed by atoms with van der Waals surface area (Å²) in [4.78, 5) is 0. The highest BCUT2D eigenvalue weighted by Crippen LogP contribution is 2.52. The Labute approximate surface area is 85.6 Å². The Kier molecular flexibility index (Phi) is 3.96. The molecule has 14 heavy (non-hydrogen) atoms. The molecule has 1 aliphatic rings. The number of hydrogen-bond donors (Lipinski definition) is 3. The topological polar surface area (TPSA) is 66.5 Å². The van der Waals surface area contributed by atoms with E-state index in [1.165, 1.54) is 0 Å². The molecular weight excluding hydrogens is 178 g/mol. The van der Waals surface area contributed by atoms with Crippen molar-refractivity contribution in [2.24, 2.45) is 23.5 Å². The highest BCUT2D eigenvalue weighted by atomic mass is 16.3. The van der Waals surface area contributed by atoms with E-state index in [-0.39, 0.29) is 17.9 Å². The Bertz CT molecular complexity index is 215. The van der Waals surface area contributed by atoms with Gasteiger partial charge in [-0.2, -0.15) is 0 Å². The molecule has 0 saturated heterocycles. The monoisotopic (exact) mass is 199 g/mol. The fourth-order valence-corrected chi connectivity index (χ4v) is 2.26. The van der Waals surface area contributed by atoms with Crippen LogP contribution in [0.15, 0.2) is 11.8 Å². The van der Waals surface area contributed by atoms with E-state index in [4.69, 9.17) is 5.73 Å². The number of allylic oxidation sites excluding steroid dienone is 2. The second kappa shape index (κ2) is 4.80. The minimum absolute atomic E-state index is 0.163. The van der Waals surface area contributed by atoms with Crippen molar-refractivity contribution in [2.45, 2.75) is 32.8 Å². The first kappa shape index (κ1) is 11.5. The molecule has 0 radical (unpaired) electrons. The third kappa shape index (κ3) is 2.28. The van der Waals surface area contributed by atoms with E-state index in [2.05, 4.69) is 6.92 Å². The van der Waals surface area contributed by atoms with Gasteiger partial charge in [0.2, 0.25) is 0 Å². The molecule has 1 fully saturated rings. The van der Waals surface area contributed by atoms with Crippen LogP contribution in [0.5, 0.6) is 0 Å². The molecule has 1 aliphatic carbocycles. The normalized spacial score (nSPS) is 34.3. The Hall–Kier alpha value is -0.540. The van der Waals surface area contributed by atoms with Crippen LogP contribution in [0.2, 0.25) is 0 Å².